The van der Waals surface area contributed by atoms with Crippen molar-refractivity contribution in [3.63, 3.8) is 0 Å². The van der Waals surface area contributed by atoms with Crippen molar-refractivity contribution in [2.45, 2.75) is 59.7 Å². The summed E-state index contributed by atoms with van der Waals surface area (Å²) in [7, 11) is 0. The molecule has 0 saturated carbocycles. The molecule has 2 rings (SSSR count). The molecule has 31 heavy (non-hydrogen) atoms. The Bertz CT molecular complexity index is 895. The molecular weight excluding hydrogens is 419 g/mol. The summed E-state index contributed by atoms with van der Waals surface area (Å²) in [5, 5.41) is 3.57. The summed E-state index contributed by atoms with van der Waals surface area (Å²) >= 11 is 6.19. The van der Waals surface area contributed by atoms with Gasteiger partial charge in [0.2, 0.25) is 5.91 Å². The zero-order valence-electron chi connectivity index (χ0n) is 18.7. The highest BCUT2D eigenvalue weighted by atomic mass is 35.5. The lowest BCUT2D eigenvalue weighted by Gasteiger charge is -2.29. The van der Waals surface area contributed by atoms with Gasteiger partial charge in [0, 0.05) is 17.6 Å². The molecule has 168 valence electrons. The van der Waals surface area contributed by atoms with Crippen LogP contribution in [0.25, 0.3) is 0 Å². The summed E-state index contributed by atoms with van der Waals surface area (Å²) in [5.41, 5.74) is 2.43. The van der Waals surface area contributed by atoms with Crippen LogP contribution in [0.1, 0.15) is 43.9 Å². The number of rotatable bonds is 9. The van der Waals surface area contributed by atoms with Gasteiger partial charge in [-0.2, -0.15) is 0 Å². The molecule has 0 spiro atoms. The lowest BCUT2D eigenvalue weighted by molar-refractivity contribution is -0.142. The predicted molar refractivity (Wildman–Crippen MR) is 121 cm³/mol. The Morgan fingerprint density at radius 3 is 2.26 bits per heavy atom. The van der Waals surface area contributed by atoms with Crippen molar-refractivity contribution in [3.8, 4) is 5.75 Å². The minimum atomic E-state index is -0.719. The van der Waals surface area contributed by atoms with Crippen molar-refractivity contribution in [2.24, 2.45) is 0 Å². The van der Waals surface area contributed by atoms with E-state index in [0.29, 0.717) is 10.8 Å². The van der Waals surface area contributed by atoms with E-state index in [1.54, 1.807) is 31.2 Å². The standard InChI is InChI=1S/C24H30ClFN2O3/c1-6-17(4)27-24(30)18(5)28(13-19-7-9-20(26)10-8-19)22(29)14-31-21-11-15(2)23(25)16(3)12-21/h7-12,17-18H,6,13-14H2,1-5H3,(H,27,30)/t17-,18-/m1/s1. The Hall–Kier alpha value is -2.60. The molecule has 0 fully saturated rings. The summed E-state index contributed by atoms with van der Waals surface area (Å²) < 4.78 is 19.0. The predicted octanol–water partition coefficient (Wildman–Crippen LogP) is 4.81. The van der Waals surface area contributed by atoms with Gasteiger partial charge in [-0.15, -0.1) is 0 Å². The lowest BCUT2D eigenvalue weighted by Crippen LogP contribution is -2.50. The fraction of sp³-hybridized carbons (Fsp3) is 0.417. The largest absolute Gasteiger partial charge is 0.484 e. The molecule has 5 nitrogen and oxygen atoms in total. The van der Waals surface area contributed by atoms with E-state index in [1.165, 1.54) is 17.0 Å². The van der Waals surface area contributed by atoms with Crippen molar-refractivity contribution in [3.05, 3.63) is 63.9 Å². The van der Waals surface area contributed by atoms with Crippen LogP contribution in [0.5, 0.6) is 5.75 Å². The molecule has 2 aromatic carbocycles. The minimum Gasteiger partial charge on any atom is -0.484 e. The van der Waals surface area contributed by atoms with Crippen LogP contribution in [0, 0.1) is 19.7 Å². The molecule has 0 aliphatic heterocycles. The van der Waals surface area contributed by atoms with Gasteiger partial charge in [0.1, 0.15) is 17.6 Å². The number of benzene rings is 2. The summed E-state index contributed by atoms with van der Waals surface area (Å²) in [5.74, 6) is -0.420. The SMILES string of the molecule is CC[C@@H](C)NC(=O)[C@@H](C)N(Cc1ccc(F)cc1)C(=O)COc1cc(C)c(Cl)c(C)c1. The second-order valence-electron chi connectivity index (χ2n) is 7.80. The van der Waals surface area contributed by atoms with Crippen LogP contribution in [0.3, 0.4) is 0 Å². The third-order valence-electron chi connectivity index (χ3n) is 5.21. The van der Waals surface area contributed by atoms with E-state index in [4.69, 9.17) is 16.3 Å². The van der Waals surface area contributed by atoms with Gasteiger partial charge in [0.05, 0.1) is 0 Å². The normalized spacial score (nSPS) is 12.7. The van der Waals surface area contributed by atoms with Crippen molar-refractivity contribution in [2.75, 3.05) is 6.61 Å². The Morgan fingerprint density at radius 1 is 1.13 bits per heavy atom. The molecule has 7 heteroatoms. The smallest absolute Gasteiger partial charge is 0.261 e. The number of hydrogen-bond donors (Lipinski definition) is 1. The maximum absolute atomic E-state index is 13.3. The third-order valence-corrected chi connectivity index (χ3v) is 5.80. The molecule has 2 amide bonds. The molecule has 0 aliphatic rings. The Kier molecular flexibility index (Phi) is 8.87. The summed E-state index contributed by atoms with van der Waals surface area (Å²) in [6.07, 6.45) is 0.781. The zero-order valence-corrected chi connectivity index (χ0v) is 19.4. The van der Waals surface area contributed by atoms with Crippen LogP contribution < -0.4 is 10.1 Å². The maximum atomic E-state index is 13.3. The molecule has 2 aromatic rings. The van der Waals surface area contributed by atoms with Crippen LogP contribution in [0.15, 0.2) is 36.4 Å². The average molecular weight is 449 g/mol. The molecule has 0 heterocycles. The van der Waals surface area contributed by atoms with E-state index < -0.39 is 6.04 Å². The molecule has 0 bridgehead atoms. The fourth-order valence-corrected chi connectivity index (χ4v) is 3.16. The van der Waals surface area contributed by atoms with Gasteiger partial charge >= 0.3 is 0 Å². The Balaban J connectivity index is 2.18. The van der Waals surface area contributed by atoms with Gasteiger partial charge in [-0.25, -0.2) is 4.39 Å². The summed E-state index contributed by atoms with van der Waals surface area (Å²) in [6, 6.07) is 8.68. The van der Waals surface area contributed by atoms with Crippen LogP contribution in [-0.4, -0.2) is 35.4 Å². The van der Waals surface area contributed by atoms with E-state index in [1.807, 2.05) is 27.7 Å². The number of nitrogens with zero attached hydrogens (tertiary/aromatic N) is 1. The monoisotopic (exact) mass is 448 g/mol. The first-order valence-electron chi connectivity index (χ1n) is 10.4. The van der Waals surface area contributed by atoms with Gasteiger partial charge in [-0.05, 0) is 75.1 Å². The number of hydrogen-bond acceptors (Lipinski definition) is 3. The first-order valence-corrected chi connectivity index (χ1v) is 10.7. The molecule has 0 radical (unpaired) electrons. The minimum absolute atomic E-state index is 0.00556. The number of carbonyl (C=O) groups is 2. The summed E-state index contributed by atoms with van der Waals surface area (Å²) in [6.45, 7) is 9.22. The van der Waals surface area contributed by atoms with E-state index >= 15 is 0 Å². The van der Waals surface area contributed by atoms with Crippen LogP contribution in [0.2, 0.25) is 5.02 Å². The van der Waals surface area contributed by atoms with E-state index in [-0.39, 0.29) is 36.8 Å². The van der Waals surface area contributed by atoms with E-state index in [9.17, 15) is 14.0 Å². The van der Waals surface area contributed by atoms with E-state index in [0.717, 1.165) is 23.1 Å². The van der Waals surface area contributed by atoms with Crippen LogP contribution in [0.4, 0.5) is 4.39 Å². The fourth-order valence-electron chi connectivity index (χ4n) is 3.05. The average Bonchev–Trinajstić information content (AvgIpc) is 2.74. The van der Waals surface area contributed by atoms with Gasteiger partial charge in [-0.3, -0.25) is 9.59 Å². The number of amides is 2. The topological polar surface area (TPSA) is 58.6 Å². The molecular formula is C24H30ClFN2O3. The van der Waals surface area contributed by atoms with Crippen LogP contribution >= 0.6 is 11.6 Å². The van der Waals surface area contributed by atoms with Crippen molar-refractivity contribution in [1.29, 1.82) is 0 Å². The van der Waals surface area contributed by atoms with Gasteiger partial charge in [0.15, 0.2) is 6.61 Å². The second-order valence-corrected chi connectivity index (χ2v) is 8.18. The molecule has 0 aromatic heterocycles. The highest BCUT2D eigenvalue weighted by Crippen LogP contribution is 2.26. The highest BCUT2D eigenvalue weighted by Gasteiger charge is 2.27. The maximum Gasteiger partial charge on any atom is 0.261 e. The van der Waals surface area contributed by atoms with Gasteiger partial charge in [0.25, 0.3) is 5.91 Å². The van der Waals surface area contributed by atoms with Crippen molar-refractivity contribution in [1.82, 2.24) is 10.2 Å². The van der Waals surface area contributed by atoms with Crippen LogP contribution in [-0.2, 0) is 16.1 Å². The van der Waals surface area contributed by atoms with E-state index in [2.05, 4.69) is 5.32 Å². The quantitative estimate of drug-likeness (QED) is 0.599. The van der Waals surface area contributed by atoms with Gasteiger partial charge < -0.3 is 15.0 Å². The van der Waals surface area contributed by atoms with Crippen molar-refractivity contribution < 1.29 is 18.7 Å². The third kappa shape index (κ3) is 6.96. The number of halogens is 2. The number of ether oxygens (including phenoxy) is 1. The number of aryl methyl sites for hydroxylation is 2. The summed E-state index contributed by atoms with van der Waals surface area (Å²) in [4.78, 5) is 27.2. The first kappa shape index (κ1) is 24.7. The van der Waals surface area contributed by atoms with Gasteiger partial charge in [-0.1, -0.05) is 30.7 Å². The molecule has 0 aliphatic carbocycles. The zero-order chi connectivity index (χ0) is 23.1. The Morgan fingerprint density at radius 2 is 1.71 bits per heavy atom. The molecule has 0 saturated heterocycles. The number of carbonyl (C=O) groups excluding carboxylic acids is 2. The first-order chi connectivity index (χ1) is 14.6. The molecule has 0 unspecified atom stereocenters. The molecule has 1 N–H and O–H groups in total. The highest BCUT2D eigenvalue weighted by molar-refractivity contribution is 6.32. The second kappa shape index (κ2) is 11.1. The number of nitrogens with one attached hydrogen (secondary N) is 1. The molecule has 2 atom stereocenters. The van der Waals surface area contributed by atoms with Crippen molar-refractivity contribution >= 4 is 23.4 Å². The lowest BCUT2D eigenvalue weighted by atomic mass is 10.1. The Labute approximate surface area is 188 Å².